The number of carboxylic acid groups (broad SMARTS) is 1. The van der Waals surface area contributed by atoms with Gasteiger partial charge in [0.25, 0.3) is 5.91 Å². The number of para-hydroxylation sites is 1. The summed E-state index contributed by atoms with van der Waals surface area (Å²) in [6.07, 6.45) is 4.12. The Morgan fingerprint density at radius 3 is 2.38 bits per heavy atom. The fourth-order valence-corrected chi connectivity index (χ4v) is 3.35. The van der Waals surface area contributed by atoms with Gasteiger partial charge in [-0.2, -0.15) is 0 Å². The lowest BCUT2D eigenvalue weighted by molar-refractivity contribution is -0.146. The first kappa shape index (κ1) is 20.5. The normalized spacial score (nSPS) is 18.1. The Balaban J connectivity index is 1.78. The number of carbonyl (C=O) groups is 3. The SMILES string of the molecule is O=C(Nc1ccc(F)c(Cl)c1)c1ccccc1NC(=O)[C@@H]1CC=CC[C@H]1C(=O)O. The fourth-order valence-electron chi connectivity index (χ4n) is 3.16. The summed E-state index contributed by atoms with van der Waals surface area (Å²) >= 11 is 5.73. The van der Waals surface area contributed by atoms with Crippen LogP contribution >= 0.6 is 11.6 Å². The number of hydrogen-bond donors (Lipinski definition) is 3. The van der Waals surface area contributed by atoms with Gasteiger partial charge >= 0.3 is 5.97 Å². The van der Waals surface area contributed by atoms with E-state index in [4.69, 9.17) is 11.6 Å². The molecular formula is C21H18ClFN2O4. The topological polar surface area (TPSA) is 95.5 Å². The van der Waals surface area contributed by atoms with Crippen molar-refractivity contribution >= 4 is 40.8 Å². The molecule has 6 nitrogen and oxygen atoms in total. The van der Waals surface area contributed by atoms with E-state index in [0.717, 1.165) is 6.07 Å². The van der Waals surface area contributed by atoms with E-state index >= 15 is 0 Å². The average Bonchev–Trinajstić information content (AvgIpc) is 2.71. The van der Waals surface area contributed by atoms with Gasteiger partial charge in [0, 0.05) is 5.69 Å². The average molecular weight is 417 g/mol. The Kier molecular flexibility index (Phi) is 6.29. The van der Waals surface area contributed by atoms with Gasteiger partial charge in [0.05, 0.1) is 28.1 Å². The number of nitrogens with one attached hydrogen (secondary N) is 2. The number of hydrogen-bond acceptors (Lipinski definition) is 3. The molecule has 0 aliphatic heterocycles. The Bertz CT molecular complexity index is 992. The zero-order valence-corrected chi connectivity index (χ0v) is 15.9. The molecule has 0 unspecified atom stereocenters. The number of anilines is 2. The molecule has 2 atom stereocenters. The Labute approximate surface area is 171 Å². The van der Waals surface area contributed by atoms with Gasteiger partial charge in [0.2, 0.25) is 5.91 Å². The standard InChI is InChI=1S/C21H18ClFN2O4/c22-16-11-12(9-10-17(16)23)24-20(27)15-7-3-4-8-18(15)25-19(26)13-5-1-2-6-14(13)21(28)29/h1-4,7-11,13-14H,5-6H2,(H,24,27)(H,25,26)(H,28,29)/t13-,14-/m1/s1. The van der Waals surface area contributed by atoms with E-state index < -0.39 is 35.4 Å². The first-order valence-corrected chi connectivity index (χ1v) is 9.28. The van der Waals surface area contributed by atoms with Crippen LogP contribution in [0.3, 0.4) is 0 Å². The van der Waals surface area contributed by atoms with Gasteiger partial charge in [-0.1, -0.05) is 35.9 Å². The predicted octanol–water partition coefficient (Wildman–Crippen LogP) is 4.34. The van der Waals surface area contributed by atoms with Gasteiger partial charge in [0.15, 0.2) is 0 Å². The van der Waals surface area contributed by atoms with Crippen LogP contribution in [0, 0.1) is 17.7 Å². The molecule has 2 aromatic carbocycles. The second-order valence-electron chi connectivity index (χ2n) is 6.61. The monoisotopic (exact) mass is 416 g/mol. The minimum atomic E-state index is -1.03. The number of halogens is 2. The van der Waals surface area contributed by atoms with Gasteiger partial charge in [-0.05, 0) is 43.2 Å². The van der Waals surface area contributed by atoms with Crippen LogP contribution in [0.5, 0.6) is 0 Å². The number of aliphatic carboxylic acids is 1. The smallest absolute Gasteiger partial charge is 0.307 e. The van der Waals surface area contributed by atoms with Crippen LogP contribution in [0.4, 0.5) is 15.8 Å². The molecular weight excluding hydrogens is 399 g/mol. The summed E-state index contributed by atoms with van der Waals surface area (Å²) in [6.45, 7) is 0. The summed E-state index contributed by atoms with van der Waals surface area (Å²) in [5, 5.41) is 14.5. The molecule has 150 valence electrons. The highest BCUT2D eigenvalue weighted by molar-refractivity contribution is 6.31. The predicted molar refractivity (Wildman–Crippen MR) is 107 cm³/mol. The van der Waals surface area contributed by atoms with Crippen molar-refractivity contribution in [3.8, 4) is 0 Å². The second kappa shape index (κ2) is 8.87. The molecule has 0 fully saturated rings. The van der Waals surface area contributed by atoms with Gasteiger partial charge in [0.1, 0.15) is 5.82 Å². The highest BCUT2D eigenvalue weighted by atomic mass is 35.5. The van der Waals surface area contributed by atoms with E-state index in [0.29, 0.717) is 12.1 Å². The summed E-state index contributed by atoms with van der Waals surface area (Å²) in [5.41, 5.74) is 0.729. The Hall–Kier alpha value is -3.19. The fraction of sp³-hybridized carbons (Fsp3) is 0.190. The summed E-state index contributed by atoms with van der Waals surface area (Å²) < 4.78 is 13.3. The van der Waals surface area contributed by atoms with Crippen molar-refractivity contribution in [3.05, 3.63) is 71.0 Å². The lowest BCUT2D eigenvalue weighted by Crippen LogP contribution is -2.35. The summed E-state index contributed by atoms with van der Waals surface area (Å²) in [5.74, 6) is -4.18. The molecule has 0 saturated heterocycles. The summed E-state index contributed by atoms with van der Waals surface area (Å²) in [6, 6.07) is 10.1. The number of rotatable bonds is 5. The van der Waals surface area contributed by atoms with Crippen molar-refractivity contribution < 1.29 is 23.9 Å². The molecule has 1 aliphatic rings. The molecule has 0 aromatic heterocycles. The zero-order valence-electron chi connectivity index (χ0n) is 15.2. The van der Waals surface area contributed by atoms with Crippen molar-refractivity contribution in [2.75, 3.05) is 10.6 Å². The van der Waals surface area contributed by atoms with E-state index in [1.165, 1.54) is 18.2 Å². The molecule has 2 amide bonds. The molecule has 0 saturated carbocycles. The van der Waals surface area contributed by atoms with Crippen molar-refractivity contribution in [2.45, 2.75) is 12.8 Å². The second-order valence-corrected chi connectivity index (χ2v) is 7.02. The van der Waals surface area contributed by atoms with Crippen LogP contribution in [-0.2, 0) is 9.59 Å². The van der Waals surface area contributed by atoms with Crippen LogP contribution in [0.15, 0.2) is 54.6 Å². The van der Waals surface area contributed by atoms with Gasteiger partial charge in [-0.15, -0.1) is 0 Å². The molecule has 2 aromatic rings. The largest absolute Gasteiger partial charge is 0.481 e. The first-order chi connectivity index (χ1) is 13.9. The van der Waals surface area contributed by atoms with E-state index in [9.17, 15) is 23.9 Å². The van der Waals surface area contributed by atoms with E-state index in [1.54, 1.807) is 30.4 Å². The van der Waals surface area contributed by atoms with Crippen LogP contribution in [-0.4, -0.2) is 22.9 Å². The lowest BCUT2D eigenvalue weighted by Gasteiger charge is -2.24. The minimum absolute atomic E-state index is 0.130. The molecule has 0 spiro atoms. The highest BCUT2D eigenvalue weighted by Crippen LogP contribution is 2.28. The molecule has 0 heterocycles. The quantitative estimate of drug-likeness (QED) is 0.632. The third kappa shape index (κ3) is 4.81. The van der Waals surface area contributed by atoms with Crippen LogP contribution in [0.1, 0.15) is 23.2 Å². The number of allylic oxidation sites excluding steroid dienone is 2. The lowest BCUT2D eigenvalue weighted by atomic mass is 9.82. The van der Waals surface area contributed by atoms with Crippen LogP contribution in [0.25, 0.3) is 0 Å². The van der Waals surface area contributed by atoms with Gasteiger partial charge in [-0.3, -0.25) is 14.4 Å². The van der Waals surface area contributed by atoms with Crippen molar-refractivity contribution in [3.63, 3.8) is 0 Å². The Morgan fingerprint density at radius 1 is 1.00 bits per heavy atom. The molecule has 0 radical (unpaired) electrons. The summed E-state index contributed by atoms with van der Waals surface area (Å²) in [4.78, 5) is 36.8. The third-order valence-electron chi connectivity index (χ3n) is 4.69. The van der Waals surface area contributed by atoms with Crippen LogP contribution in [0.2, 0.25) is 5.02 Å². The summed E-state index contributed by atoms with van der Waals surface area (Å²) in [7, 11) is 0. The maximum absolute atomic E-state index is 13.3. The maximum atomic E-state index is 13.3. The molecule has 1 aliphatic carbocycles. The molecule has 29 heavy (non-hydrogen) atoms. The third-order valence-corrected chi connectivity index (χ3v) is 4.98. The number of carbonyl (C=O) groups excluding carboxylic acids is 2. The van der Waals surface area contributed by atoms with Crippen molar-refractivity contribution in [2.24, 2.45) is 11.8 Å². The molecule has 0 bridgehead atoms. The van der Waals surface area contributed by atoms with E-state index in [1.807, 2.05) is 0 Å². The van der Waals surface area contributed by atoms with Crippen LogP contribution < -0.4 is 10.6 Å². The van der Waals surface area contributed by atoms with Gasteiger partial charge < -0.3 is 15.7 Å². The molecule has 3 rings (SSSR count). The highest BCUT2D eigenvalue weighted by Gasteiger charge is 2.34. The minimum Gasteiger partial charge on any atom is -0.481 e. The molecule has 8 heteroatoms. The number of carboxylic acids is 1. The van der Waals surface area contributed by atoms with Gasteiger partial charge in [-0.25, -0.2) is 4.39 Å². The van der Waals surface area contributed by atoms with Crippen molar-refractivity contribution in [1.29, 1.82) is 0 Å². The van der Waals surface area contributed by atoms with E-state index in [2.05, 4.69) is 10.6 Å². The maximum Gasteiger partial charge on any atom is 0.307 e. The van der Waals surface area contributed by atoms with E-state index in [-0.39, 0.29) is 22.7 Å². The van der Waals surface area contributed by atoms with Crippen molar-refractivity contribution in [1.82, 2.24) is 0 Å². The first-order valence-electron chi connectivity index (χ1n) is 8.91. The molecule has 3 N–H and O–H groups in total. The number of amides is 2. The zero-order chi connectivity index (χ0) is 21.0. The number of benzene rings is 2. The Morgan fingerprint density at radius 2 is 1.69 bits per heavy atom.